The smallest absolute Gasteiger partial charge is 0.190 e. The van der Waals surface area contributed by atoms with Crippen LogP contribution >= 0.6 is 24.0 Å². The summed E-state index contributed by atoms with van der Waals surface area (Å²) in [5, 5.41) is 6.64. The number of piperazine rings is 1. The van der Waals surface area contributed by atoms with E-state index in [4.69, 9.17) is 0 Å². The van der Waals surface area contributed by atoms with Crippen molar-refractivity contribution in [3.63, 3.8) is 0 Å². The van der Waals surface area contributed by atoms with Crippen molar-refractivity contribution in [1.82, 2.24) is 20.4 Å². The first-order valence-corrected chi connectivity index (χ1v) is 9.17. The van der Waals surface area contributed by atoms with Gasteiger partial charge in [0.1, 0.15) is 5.82 Å². The van der Waals surface area contributed by atoms with E-state index in [1.807, 2.05) is 12.1 Å². The number of rotatable bonds is 7. The van der Waals surface area contributed by atoms with E-state index in [-0.39, 0.29) is 29.8 Å². The second-order valence-corrected chi connectivity index (χ2v) is 6.93. The molecule has 1 atom stereocenters. The Morgan fingerprint density at radius 2 is 1.88 bits per heavy atom. The molecular weight excluding hydrogens is 444 g/mol. The predicted molar refractivity (Wildman–Crippen MR) is 118 cm³/mol. The summed E-state index contributed by atoms with van der Waals surface area (Å²) >= 11 is 0. The van der Waals surface area contributed by atoms with Crippen molar-refractivity contribution in [3.05, 3.63) is 35.6 Å². The number of hydrogen-bond acceptors (Lipinski definition) is 3. The van der Waals surface area contributed by atoms with Gasteiger partial charge in [0.2, 0.25) is 0 Å². The monoisotopic (exact) mass is 477 g/mol. The topological polar surface area (TPSA) is 42.9 Å². The zero-order valence-corrected chi connectivity index (χ0v) is 18.5. The molecule has 0 aliphatic carbocycles. The molecule has 0 aromatic heterocycles. The summed E-state index contributed by atoms with van der Waals surface area (Å²) < 4.78 is 13.6. The van der Waals surface area contributed by atoms with Gasteiger partial charge in [0.25, 0.3) is 0 Å². The molecule has 0 spiro atoms. The largest absolute Gasteiger partial charge is 0.356 e. The normalized spacial score (nSPS) is 17.5. The lowest BCUT2D eigenvalue weighted by Gasteiger charge is -2.34. The Bertz CT molecular complexity index is 546. The zero-order valence-electron chi connectivity index (χ0n) is 16.2. The molecule has 0 saturated carbocycles. The number of benzene rings is 1. The average molecular weight is 477 g/mol. The lowest BCUT2D eigenvalue weighted by molar-refractivity contribution is 0.139. The van der Waals surface area contributed by atoms with Crippen LogP contribution in [0.25, 0.3) is 0 Å². The minimum absolute atomic E-state index is 0. The van der Waals surface area contributed by atoms with Gasteiger partial charge < -0.3 is 20.4 Å². The first-order chi connectivity index (χ1) is 12.1. The van der Waals surface area contributed by atoms with E-state index in [0.717, 1.165) is 50.8 Å². The first kappa shape index (κ1) is 23.1. The lowest BCUT2D eigenvalue weighted by atomic mass is 10.1. The highest BCUT2D eigenvalue weighted by Gasteiger charge is 2.16. The number of guanidine groups is 1. The Morgan fingerprint density at radius 3 is 2.54 bits per heavy atom. The van der Waals surface area contributed by atoms with Gasteiger partial charge in [-0.15, -0.1) is 24.0 Å². The van der Waals surface area contributed by atoms with Crippen molar-refractivity contribution < 1.29 is 4.39 Å². The van der Waals surface area contributed by atoms with Crippen LogP contribution in [0.4, 0.5) is 4.39 Å². The number of halogens is 2. The number of nitrogens with zero attached hydrogens (tertiary/aromatic N) is 3. The molecule has 0 amide bonds. The molecule has 148 valence electrons. The van der Waals surface area contributed by atoms with Crippen LogP contribution in [-0.4, -0.2) is 75.7 Å². The molecule has 1 aromatic rings. The van der Waals surface area contributed by atoms with E-state index < -0.39 is 0 Å². The van der Waals surface area contributed by atoms with Gasteiger partial charge in [0, 0.05) is 52.9 Å². The van der Waals surface area contributed by atoms with Gasteiger partial charge in [-0.05, 0) is 31.0 Å². The quantitative estimate of drug-likeness (QED) is 0.359. The number of aliphatic imine (C=N–C) groups is 1. The minimum atomic E-state index is -0.145. The van der Waals surface area contributed by atoms with Crippen molar-refractivity contribution in [1.29, 1.82) is 0 Å². The molecule has 1 unspecified atom stereocenters. The average Bonchev–Trinajstić information content (AvgIpc) is 2.61. The Kier molecular flexibility index (Phi) is 11.1. The molecular formula is C19H33FIN5. The fourth-order valence-corrected chi connectivity index (χ4v) is 3.04. The van der Waals surface area contributed by atoms with Gasteiger partial charge in [0.15, 0.2) is 5.96 Å². The first-order valence-electron chi connectivity index (χ1n) is 9.17. The minimum Gasteiger partial charge on any atom is -0.356 e. The molecule has 2 rings (SSSR count). The maximum atomic E-state index is 13.6. The van der Waals surface area contributed by atoms with Crippen LogP contribution in [0.1, 0.15) is 12.5 Å². The van der Waals surface area contributed by atoms with Crippen LogP contribution in [-0.2, 0) is 6.42 Å². The zero-order chi connectivity index (χ0) is 18.1. The molecule has 1 saturated heterocycles. The second-order valence-electron chi connectivity index (χ2n) is 6.93. The summed E-state index contributed by atoms with van der Waals surface area (Å²) in [7, 11) is 3.95. The van der Waals surface area contributed by atoms with Crippen LogP contribution in [0.2, 0.25) is 0 Å². The molecule has 5 nitrogen and oxygen atoms in total. The Morgan fingerprint density at radius 1 is 1.19 bits per heavy atom. The summed E-state index contributed by atoms with van der Waals surface area (Å²) in [6.07, 6.45) is 0.643. The number of likely N-dealkylation sites (N-methyl/N-ethyl adjacent to an activating group) is 1. The highest BCUT2D eigenvalue weighted by Crippen LogP contribution is 2.06. The Balaban J connectivity index is 0.00000338. The highest BCUT2D eigenvalue weighted by atomic mass is 127. The van der Waals surface area contributed by atoms with Crippen molar-refractivity contribution >= 4 is 29.9 Å². The lowest BCUT2D eigenvalue weighted by Crippen LogP contribution is -2.47. The van der Waals surface area contributed by atoms with Gasteiger partial charge in [-0.1, -0.05) is 25.1 Å². The maximum absolute atomic E-state index is 13.6. The van der Waals surface area contributed by atoms with E-state index in [1.54, 1.807) is 13.1 Å². The van der Waals surface area contributed by atoms with Crippen molar-refractivity contribution in [3.8, 4) is 0 Å². The summed E-state index contributed by atoms with van der Waals surface area (Å²) in [5.41, 5.74) is 0.730. The fraction of sp³-hybridized carbons (Fsp3) is 0.632. The standard InChI is InChI=1S/C19H32FN5.HI/c1-16(15-25-12-10-24(3)11-13-25)14-23-19(21-2)22-9-8-17-6-4-5-7-18(17)20;/h4-7,16H,8-15H2,1-3H3,(H2,21,22,23);1H. The van der Waals surface area contributed by atoms with Crippen LogP contribution in [0.5, 0.6) is 0 Å². The molecule has 7 heteroatoms. The van der Waals surface area contributed by atoms with Gasteiger partial charge in [-0.3, -0.25) is 4.99 Å². The molecule has 2 N–H and O–H groups in total. The summed E-state index contributed by atoms with van der Waals surface area (Å²) in [6.45, 7) is 9.51. The third-order valence-electron chi connectivity index (χ3n) is 4.65. The summed E-state index contributed by atoms with van der Waals surface area (Å²) in [6, 6.07) is 6.91. The third-order valence-corrected chi connectivity index (χ3v) is 4.65. The van der Waals surface area contributed by atoms with E-state index in [1.165, 1.54) is 6.07 Å². The van der Waals surface area contributed by atoms with Crippen LogP contribution in [0.15, 0.2) is 29.3 Å². The second kappa shape index (κ2) is 12.5. The highest BCUT2D eigenvalue weighted by molar-refractivity contribution is 14.0. The van der Waals surface area contributed by atoms with Gasteiger partial charge >= 0.3 is 0 Å². The van der Waals surface area contributed by atoms with E-state index in [2.05, 4.69) is 39.4 Å². The Hall–Kier alpha value is -0.930. The molecule has 1 fully saturated rings. The molecule has 0 bridgehead atoms. The third kappa shape index (κ3) is 8.18. The summed E-state index contributed by atoms with van der Waals surface area (Å²) in [5.74, 6) is 1.18. The predicted octanol–water partition coefficient (Wildman–Crippen LogP) is 2.03. The fourth-order valence-electron chi connectivity index (χ4n) is 3.04. The van der Waals surface area contributed by atoms with Crippen LogP contribution in [0, 0.1) is 11.7 Å². The number of hydrogen-bond donors (Lipinski definition) is 2. The van der Waals surface area contributed by atoms with Crippen LogP contribution in [0.3, 0.4) is 0 Å². The Labute approximate surface area is 174 Å². The molecule has 26 heavy (non-hydrogen) atoms. The molecule has 1 aliphatic heterocycles. The van der Waals surface area contributed by atoms with Crippen molar-refractivity contribution in [2.75, 3.05) is 59.9 Å². The van der Waals surface area contributed by atoms with E-state index >= 15 is 0 Å². The number of nitrogens with one attached hydrogen (secondary N) is 2. The summed E-state index contributed by atoms with van der Waals surface area (Å²) in [4.78, 5) is 9.16. The van der Waals surface area contributed by atoms with Gasteiger partial charge in [-0.2, -0.15) is 0 Å². The van der Waals surface area contributed by atoms with Gasteiger partial charge in [0.05, 0.1) is 0 Å². The van der Waals surface area contributed by atoms with E-state index in [9.17, 15) is 4.39 Å². The molecule has 1 heterocycles. The van der Waals surface area contributed by atoms with Gasteiger partial charge in [-0.25, -0.2) is 4.39 Å². The molecule has 0 radical (unpaired) electrons. The molecule has 1 aliphatic rings. The van der Waals surface area contributed by atoms with E-state index in [0.29, 0.717) is 18.9 Å². The van der Waals surface area contributed by atoms with Crippen molar-refractivity contribution in [2.45, 2.75) is 13.3 Å². The van der Waals surface area contributed by atoms with Crippen LogP contribution < -0.4 is 10.6 Å². The maximum Gasteiger partial charge on any atom is 0.190 e. The SMILES string of the molecule is CN=C(NCCc1ccccc1F)NCC(C)CN1CCN(C)CC1.I. The van der Waals surface area contributed by atoms with Crippen molar-refractivity contribution in [2.24, 2.45) is 10.9 Å². The molecule has 1 aromatic carbocycles.